The van der Waals surface area contributed by atoms with Gasteiger partial charge in [0.05, 0.1) is 29.0 Å². The summed E-state index contributed by atoms with van der Waals surface area (Å²) in [5.41, 5.74) is 3.42. The number of amides is 2. The van der Waals surface area contributed by atoms with Crippen molar-refractivity contribution in [3.63, 3.8) is 0 Å². The Morgan fingerprint density at radius 2 is 1.56 bits per heavy atom. The van der Waals surface area contributed by atoms with Gasteiger partial charge in [-0.1, -0.05) is 42.5 Å². The summed E-state index contributed by atoms with van der Waals surface area (Å²) in [6.45, 7) is 0.551. The lowest BCUT2D eigenvalue weighted by Crippen LogP contribution is -2.29. The van der Waals surface area contributed by atoms with Gasteiger partial charge in [-0.3, -0.25) is 14.6 Å². The quantitative estimate of drug-likeness (QED) is 0.528. The summed E-state index contributed by atoms with van der Waals surface area (Å²) in [4.78, 5) is 30.2. The van der Waals surface area contributed by atoms with Crippen LogP contribution in [0.25, 0.3) is 21.8 Å². The Bertz CT molecular complexity index is 1230. The molecule has 0 aliphatic carbocycles. The first kappa shape index (κ1) is 15.5. The Balaban J connectivity index is 1.61. The van der Waals surface area contributed by atoms with Crippen molar-refractivity contribution >= 4 is 39.3 Å². The number of aromatic nitrogens is 2. The zero-order valence-electron chi connectivity index (χ0n) is 14.4. The van der Waals surface area contributed by atoms with E-state index >= 15 is 0 Å². The molecule has 0 fully saturated rings. The van der Waals surface area contributed by atoms with E-state index in [2.05, 4.69) is 6.07 Å². The number of pyridine rings is 1. The van der Waals surface area contributed by atoms with Crippen LogP contribution in [0.3, 0.4) is 0 Å². The summed E-state index contributed by atoms with van der Waals surface area (Å²) in [6, 6.07) is 19.8. The van der Waals surface area contributed by atoms with Crippen molar-refractivity contribution in [2.75, 3.05) is 4.90 Å². The number of nitrogens with zero attached hydrogens (tertiary/aromatic N) is 3. The zero-order chi connectivity index (χ0) is 18.4. The van der Waals surface area contributed by atoms with Gasteiger partial charge in [-0.15, -0.1) is 0 Å². The molecule has 5 nitrogen and oxygen atoms in total. The SMILES string of the molecule is O=C1C=CC(=O)N1c1cn(Cc2ccc3ccccc3n2)c2ccccc12. The lowest BCUT2D eigenvalue weighted by atomic mass is 10.2. The molecule has 2 aromatic carbocycles. The van der Waals surface area contributed by atoms with Crippen molar-refractivity contribution in [2.24, 2.45) is 0 Å². The molecule has 1 aliphatic rings. The molecule has 27 heavy (non-hydrogen) atoms. The molecule has 0 atom stereocenters. The monoisotopic (exact) mass is 353 g/mol. The van der Waals surface area contributed by atoms with Crippen molar-refractivity contribution < 1.29 is 9.59 Å². The highest BCUT2D eigenvalue weighted by molar-refractivity contribution is 6.30. The van der Waals surface area contributed by atoms with Gasteiger partial charge in [-0.2, -0.15) is 0 Å². The first-order valence-corrected chi connectivity index (χ1v) is 8.69. The summed E-state index contributed by atoms with van der Waals surface area (Å²) in [5, 5.41) is 1.96. The predicted octanol–water partition coefficient (Wildman–Crippen LogP) is 3.67. The maximum absolute atomic E-state index is 12.1. The highest BCUT2D eigenvalue weighted by Gasteiger charge is 2.28. The summed E-state index contributed by atoms with van der Waals surface area (Å²) in [7, 11) is 0. The molecular weight excluding hydrogens is 338 g/mol. The average molecular weight is 353 g/mol. The van der Waals surface area contributed by atoms with E-state index in [1.165, 1.54) is 17.1 Å². The van der Waals surface area contributed by atoms with Crippen LogP contribution in [0.4, 0.5) is 5.69 Å². The van der Waals surface area contributed by atoms with Gasteiger partial charge in [-0.25, -0.2) is 4.90 Å². The molecule has 3 heterocycles. The van der Waals surface area contributed by atoms with Crippen LogP contribution in [-0.2, 0) is 16.1 Å². The second-order valence-electron chi connectivity index (χ2n) is 6.50. The maximum Gasteiger partial charge on any atom is 0.258 e. The highest BCUT2D eigenvalue weighted by Crippen LogP contribution is 2.31. The third-order valence-corrected chi connectivity index (χ3v) is 4.81. The fraction of sp³-hybridized carbons (Fsp3) is 0.0455. The molecule has 0 saturated carbocycles. The molecule has 5 rings (SSSR count). The number of benzene rings is 2. The van der Waals surface area contributed by atoms with Crippen LogP contribution in [0.5, 0.6) is 0 Å². The molecule has 1 aliphatic heterocycles. The van der Waals surface area contributed by atoms with E-state index in [1.807, 2.05) is 65.4 Å². The topological polar surface area (TPSA) is 55.2 Å². The smallest absolute Gasteiger partial charge is 0.258 e. The second-order valence-corrected chi connectivity index (χ2v) is 6.50. The number of hydrogen-bond acceptors (Lipinski definition) is 3. The lowest BCUT2D eigenvalue weighted by Gasteiger charge is -2.12. The Morgan fingerprint density at radius 3 is 2.41 bits per heavy atom. The van der Waals surface area contributed by atoms with Crippen LogP contribution in [0.2, 0.25) is 0 Å². The van der Waals surface area contributed by atoms with Gasteiger partial charge in [0, 0.05) is 29.1 Å². The highest BCUT2D eigenvalue weighted by atomic mass is 16.2. The van der Waals surface area contributed by atoms with Gasteiger partial charge in [0.25, 0.3) is 11.8 Å². The van der Waals surface area contributed by atoms with Crippen molar-refractivity contribution in [1.29, 1.82) is 0 Å². The molecule has 130 valence electrons. The van der Waals surface area contributed by atoms with E-state index in [-0.39, 0.29) is 11.8 Å². The Hall–Kier alpha value is -3.73. The maximum atomic E-state index is 12.1. The fourth-order valence-corrected chi connectivity index (χ4v) is 3.54. The Morgan fingerprint density at radius 1 is 0.815 bits per heavy atom. The minimum absolute atomic E-state index is 0.313. The summed E-state index contributed by atoms with van der Waals surface area (Å²) in [5.74, 6) is -0.626. The largest absolute Gasteiger partial charge is 0.339 e. The molecule has 0 bridgehead atoms. The van der Waals surface area contributed by atoms with E-state index in [1.54, 1.807) is 0 Å². The molecule has 0 N–H and O–H groups in total. The fourth-order valence-electron chi connectivity index (χ4n) is 3.54. The van der Waals surface area contributed by atoms with E-state index in [0.29, 0.717) is 12.2 Å². The standard InChI is InChI=1S/C22H15N3O2/c26-21-11-12-22(27)25(21)20-14-24(19-8-4-2-6-17(19)20)13-16-10-9-15-5-1-3-7-18(15)23-16/h1-12,14H,13H2. The number of rotatable bonds is 3. The molecule has 5 heteroatoms. The number of hydrogen-bond donors (Lipinski definition) is 0. The molecule has 0 unspecified atom stereocenters. The first-order chi connectivity index (χ1) is 13.2. The second kappa shape index (κ2) is 5.92. The third-order valence-electron chi connectivity index (χ3n) is 4.81. The molecule has 0 saturated heterocycles. The van der Waals surface area contributed by atoms with Crippen molar-refractivity contribution in [3.8, 4) is 0 Å². The molecular formula is C22H15N3O2. The van der Waals surface area contributed by atoms with E-state index in [0.717, 1.165) is 27.5 Å². The van der Waals surface area contributed by atoms with Crippen molar-refractivity contribution in [2.45, 2.75) is 6.54 Å². The minimum Gasteiger partial charge on any atom is -0.339 e. The van der Waals surface area contributed by atoms with Crippen molar-refractivity contribution in [3.05, 3.63) is 84.7 Å². The van der Waals surface area contributed by atoms with Crippen molar-refractivity contribution in [1.82, 2.24) is 9.55 Å². The number of para-hydroxylation sites is 2. The summed E-state index contributed by atoms with van der Waals surface area (Å²) >= 11 is 0. The van der Waals surface area contributed by atoms with Crippen LogP contribution in [0, 0.1) is 0 Å². The normalized spacial score (nSPS) is 14.0. The van der Waals surface area contributed by atoms with Crippen LogP contribution in [-0.4, -0.2) is 21.4 Å². The van der Waals surface area contributed by atoms with Gasteiger partial charge in [0.1, 0.15) is 0 Å². The number of fused-ring (bicyclic) bond motifs is 2. The van der Waals surface area contributed by atoms with E-state index in [9.17, 15) is 9.59 Å². The van der Waals surface area contributed by atoms with Gasteiger partial charge >= 0.3 is 0 Å². The van der Waals surface area contributed by atoms with Crippen LogP contribution < -0.4 is 4.90 Å². The van der Waals surface area contributed by atoms with Gasteiger partial charge in [0.15, 0.2) is 0 Å². The van der Waals surface area contributed by atoms with Gasteiger partial charge < -0.3 is 4.57 Å². The summed E-state index contributed by atoms with van der Waals surface area (Å²) in [6.07, 6.45) is 4.46. The molecule has 4 aromatic rings. The third kappa shape index (κ3) is 2.52. The zero-order valence-corrected chi connectivity index (χ0v) is 14.4. The van der Waals surface area contributed by atoms with Gasteiger partial charge in [0.2, 0.25) is 0 Å². The number of carbonyl (C=O) groups excluding carboxylic acids is 2. The molecule has 2 aromatic heterocycles. The average Bonchev–Trinajstić information content (AvgIpc) is 3.21. The molecule has 2 amide bonds. The van der Waals surface area contributed by atoms with Crippen LogP contribution in [0.1, 0.15) is 5.69 Å². The minimum atomic E-state index is -0.313. The van der Waals surface area contributed by atoms with E-state index < -0.39 is 0 Å². The number of anilines is 1. The predicted molar refractivity (Wildman–Crippen MR) is 104 cm³/mol. The number of imide groups is 1. The number of carbonyl (C=O) groups is 2. The van der Waals surface area contributed by atoms with E-state index in [4.69, 9.17) is 4.98 Å². The Labute approximate surface area is 155 Å². The van der Waals surface area contributed by atoms with Gasteiger partial charge in [-0.05, 0) is 18.2 Å². The summed E-state index contributed by atoms with van der Waals surface area (Å²) < 4.78 is 2.03. The molecule has 0 radical (unpaired) electrons. The molecule has 0 spiro atoms. The van der Waals surface area contributed by atoms with Crippen LogP contribution >= 0.6 is 0 Å². The Kier molecular flexibility index (Phi) is 3.40. The lowest BCUT2D eigenvalue weighted by molar-refractivity contribution is -0.119. The van der Waals surface area contributed by atoms with Crippen LogP contribution in [0.15, 0.2) is 79.0 Å². The first-order valence-electron chi connectivity index (χ1n) is 8.69.